The first-order valence-electron chi connectivity index (χ1n) is 7.62. The van der Waals surface area contributed by atoms with Crippen LogP contribution < -0.4 is 10.0 Å². The average Bonchev–Trinajstić information content (AvgIpc) is 2.89. The van der Waals surface area contributed by atoms with Crippen LogP contribution in [0.2, 0.25) is 0 Å². The summed E-state index contributed by atoms with van der Waals surface area (Å²) in [6.07, 6.45) is 6.07. The van der Waals surface area contributed by atoms with Crippen molar-refractivity contribution in [1.82, 2.24) is 4.90 Å². The lowest BCUT2D eigenvalue weighted by Gasteiger charge is -2.30. The third-order valence-corrected chi connectivity index (χ3v) is 5.46. The summed E-state index contributed by atoms with van der Waals surface area (Å²) < 4.78 is 22.6. The van der Waals surface area contributed by atoms with E-state index in [1.54, 1.807) is 17.0 Å². The summed E-state index contributed by atoms with van der Waals surface area (Å²) in [6, 6.07) is 6.67. The van der Waals surface area contributed by atoms with Crippen molar-refractivity contribution in [3.8, 4) is 0 Å². The van der Waals surface area contributed by atoms with Gasteiger partial charge in [-0.2, -0.15) is 0 Å². The van der Waals surface area contributed by atoms with Crippen LogP contribution in [0.1, 0.15) is 32.1 Å². The van der Waals surface area contributed by atoms with Gasteiger partial charge in [-0.3, -0.25) is 14.6 Å². The minimum absolute atomic E-state index is 0.0621. The van der Waals surface area contributed by atoms with Gasteiger partial charge in [-0.25, -0.2) is 13.6 Å². The normalized spacial score (nSPS) is 21.5. The molecule has 2 aliphatic rings. The van der Waals surface area contributed by atoms with Crippen LogP contribution in [0.15, 0.2) is 29.2 Å². The van der Waals surface area contributed by atoms with Gasteiger partial charge in [0.1, 0.15) is 0 Å². The number of hydrogen-bond acceptors (Lipinski definition) is 4. The Morgan fingerprint density at radius 2 is 1.68 bits per heavy atom. The van der Waals surface area contributed by atoms with Gasteiger partial charge in [-0.05, 0) is 37.1 Å². The minimum Gasteiger partial charge on any atom is -0.298 e. The molecular formula is C15H21N3O3S. The Morgan fingerprint density at radius 3 is 2.27 bits per heavy atom. The molecule has 1 aliphatic heterocycles. The van der Waals surface area contributed by atoms with Crippen molar-refractivity contribution >= 4 is 21.6 Å². The van der Waals surface area contributed by atoms with Crippen LogP contribution in [0.3, 0.4) is 0 Å². The average molecular weight is 323 g/mol. The molecule has 1 aliphatic carbocycles. The van der Waals surface area contributed by atoms with Crippen molar-refractivity contribution in [2.24, 2.45) is 5.14 Å². The number of benzene rings is 1. The summed E-state index contributed by atoms with van der Waals surface area (Å²) >= 11 is 0. The molecule has 0 aromatic heterocycles. The Kier molecular flexibility index (Phi) is 4.20. The van der Waals surface area contributed by atoms with Gasteiger partial charge in [0.25, 0.3) is 0 Å². The molecule has 1 saturated carbocycles. The molecule has 7 heteroatoms. The summed E-state index contributed by atoms with van der Waals surface area (Å²) in [6.45, 7) is 1.03. The van der Waals surface area contributed by atoms with E-state index >= 15 is 0 Å². The van der Waals surface area contributed by atoms with Gasteiger partial charge in [-0.15, -0.1) is 0 Å². The first-order chi connectivity index (χ1) is 10.4. The number of amides is 1. The predicted octanol–water partition coefficient (Wildman–Crippen LogP) is 1.27. The van der Waals surface area contributed by atoms with Gasteiger partial charge < -0.3 is 0 Å². The van der Waals surface area contributed by atoms with E-state index in [4.69, 9.17) is 5.14 Å². The molecule has 1 aromatic carbocycles. The Bertz CT molecular complexity index is 651. The molecule has 2 N–H and O–H groups in total. The summed E-state index contributed by atoms with van der Waals surface area (Å²) in [5, 5.41) is 5.09. The quantitative estimate of drug-likeness (QED) is 0.908. The maximum absolute atomic E-state index is 12.3. The first-order valence-corrected chi connectivity index (χ1v) is 9.17. The van der Waals surface area contributed by atoms with Crippen molar-refractivity contribution in [2.75, 3.05) is 18.1 Å². The summed E-state index contributed by atoms with van der Waals surface area (Å²) in [5.74, 6) is 0.0638. The highest BCUT2D eigenvalue weighted by molar-refractivity contribution is 7.89. The largest absolute Gasteiger partial charge is 0.298 e. The number of anilines is 1. The molecular weight excluding hydrogens is 302 g/mol. The van der Waals surface area contributed by atoms with Crippen molar-refractivity contribution in [3.05, 3.63) is 24.3 Å². The van der Waals surface area contributed by atoms with E-state index in [1.807, 2.05) is 0 Å². The highest BCUT2D eigenvalue weighted by Gasteiger charge is 2.33. The van der Waals surface area contributed by atoms with Crippen LogP contribution in [-0.2, 0) is 14.8 Å². The zero-order valence-corrected chi connectivity index (χ0v) is 13.3. The lowest BCUT2D eigenvalue weighted by atomic mass is 9.94. The molecule has 0 radical (unpaired) electrons. The second-order valence-corrected chi connectivity index (χ2v) is 7.60. The van der Waals surface area contributed by atoms with E-state index in [9.17, 15) is 13.2 Å². The van der Waals surface area contributed by atoms with Crippen molar-refractivity contribution in [3.63, 3.8) is 0 Å². The minimum atomic E-state index is -3.70. The lowest BCUT2D eigenvalue weighted by Crippen LogP contribution is -2.36. The van der Waals surface area contributed by atoms with Crippen LogP contribution in [0.4, 0.5) is 5.69 Å². The van der Waals surface area contributed by atoms with Gasteiger partial charge in [0, 0.05) is 11.7 Å². The lowest BCUT2D eigenvalue weighted by molar-refractivity contribution is -0.116. The SMILES string of the molecule is NS(=O)(=O)c1ccc(N2CN(C3CCCCC3)CC2=O)cc1. The van der Waals surface area contributed by atoms with Gasteiger partial charge in [0.15, 0.2) is 0 Å². The van der Waals surface area contributed by atoms with E-state index in [0.717, 1.165) is 18.5 Å². The molecule has 1 saturated heterocycles. The van der Waals surface area contributed by atoms with E-state index in [-0.39, 0.29) is 10.8 Å². The number of primary sulfonamides is 1. The van der Waals surface area contributed by atoms with Gasteiger partial charge in [0.05, 0.1) is 18.1 Å². The number of nitrogens with two attached hydrogens (primary N) is 1. The van der Waals surface area contributed by atoms with E-state index in [1.165, 1.54) is 31.4 Å². The van der Waals surface area contributed by atoms with E-state index in [0.29, 0.717) is 19.3 Å². The van der Waals surface area contributed by atoms with Crippen LogP contribution in [0.25, 0.3) is 0 Å². The second-order valence-electron chi connectivity index (χ2n) is 6.04. The smallest absolute Gasteiger partial charge is 0.242 e. The van der Waals surface area contributed by atoms with Crippen LogP contribution in [0, 0.1) is 0 Å². The number of hydrogen-bond donors (Lipinski definition) is 1. The zero-order valence-electron chi connectivity index (χ0n) is 12.4. The third-order valence-electron chi connectivity index (χ3n) is 4.53. The van der Waals surface area contributed by atoms with Gasteiger partial charge in [0.2, 0.25) is 15.9 Å². The van der Waals surface area contributed by atoms with Crippen LogP contribution in [0.5, 0.6) is 0 Å². The van der Waals surface area contributed by atoms with Crippen molar-refractivity contribution < 1.29 is 13.2 Å². The number of nitrogens with zero attached hydrogens (tertiary/aromatic N) is 2. The Morgan fingerprint density at radius 1 is 1.05 bits per heavy atom. The van der Waals surface area contributed by atoms with E-state index < -0.39 is 10.0 Å². The summed E-state index contributed by atoms with van der Waals surface area (Å²) in [7, 11) is -3.70. The summed E-state index contributed by atoms with van der Waals surface area (Å²) in [5.41, 5.74) is 0.718. The standard InChI is InChI=1S/C15H21N3O3S/c16-22(20,21)14-8-6-13(7-9-14)18-11-17(10-15(18)19)12-4-2-1-3-5-12/h6-9,12H,1-5,10-11H2,(H2,16,20,21). The number of carbonyl (C=O) groups excluding carboxylic acids is 1. The Hall–Kier alpha value is -1.44. The number of sulfonamides is 1. The number of rotatable bonds is 3. The zero-order chi connectivity index (χ0) is 15.7. The molecule has 1 amide bonds. The molecule has 120 valence electrons. The molecule has 6 nitrogen and oxygen atoms in total. The predicted molar refractivity (Wildman–Crippen MR) is 83.7 cm³/mol. The third kappa shape index (κ3) is 3.16. The number of carbonyl (C=O) groups is 1. The van der Waals surface area contributed by atoms with Crippen LogP contribution >= 0.6 is 0 Å². The first kappa shape index (κ1) is 15.5. The van der Waals surface area contributed by atoms with Crippen molar-refractivity contribution in [1.29, 1.82) is 0 Å². The topological polar surface area (TPSA) is 83.7 Å². The maximum atomic E-state index is 12.3. The van der Waals surface area contributed by atoms with Crippen molar-refractivity contribution in [2.45, 2.75) is 43.0 Å². The molecule has 0 atom stereocenters. The Balaban J connectivity index is 1.73. The molecule has 0 bridgehead atoms. The molecule has 0 spiro atoms. The fourth-order valence-corrected chi connectivity index (χ4v) is 3.82. The molecule has 22 heavy (non-hydrogen) atoms. The van der Waals surface area contributed by atoms with Crippen LogP contribution in [-0.4, -0.2) is 38.5 Å². The highest BCUT2D eigenvalue weighted by atomic mass is 32.2. The summed E-state index contributed by atoms with van der Waals surface area (Å²) in [4.78, 5) is 16.3. The fourth-order valence-electron chi connectivity index (χ4n) is 3.30. The molecule has 1 aromatic rings. The Labute approximate surface area is 130 Å². The maximum Gasteiger partial charge on any atom is 0.242 e. The van der Waals surface area contributed by atoms with E-state index in [2.05, 4.69) is 4.90 Å². The fraction of sp³-hybridized carbons (Fsp3) is 0.533. The monoisotopic (exact) mass is 323 g/mol. The molecule has 2 fully saturated rings. The molecule has 3 rings (SSSR count). The molecule has 0 unspecified atom stereocenters. The van der Waals surface area contributed by atoms with Gasteiger partial charge in [-0.1, -0.05) is 19.3 Å². The molecule has 1 heterocycles. The highest BCUT2D eigenvalue weighted by Crippen LogP contribution is 2.27. The van der Waals surface area contributed by atoms with Gasteiger partial charge >= 0.3 is 0 Å². The second kappa shape index (κ2) is 5.98.